The number of benzene rings is 1. The summed E-state index contributed by atoms with van der Waals surface area (Å²) in [6, 6.07) is 14.2. The van der Waals surface area contributed by atoms with Crippen LogP contribution in [0.3, 0.4) is 0 Å². The third-order valence-electron chi connectivity index (χ3n) is 6.60. The lowest BCUT2D eigenvalue weighted by atomic mass is 9.78. The number of carbonyl (C=O) groups is 1. The van der Waals surface area contributed by atoms with Gasteiger partial charge in [-0.05, 0) is 48.9 Å². The summed E-state index contributed by atoms with van der Waals surface area (Å²) < 4.78 is 7.37. The SMILES string of the molecule is Cc1cc(N2C(N)=C(C#N)[C@@H](c3cc(Cn4cnc5ccccc54)cs3)C3=C2CCCC3=O)no1. The van der Waals surface area contributed by atoms with Crippen LogP contribution in [0.5, 0.6) is 0 Å². The average Bonchev–Trinajstić information content (AvgIpc) is 3.59. The number of fused-ring (bicyclic) bond motifs is 1. The van der Waals surface area contributed by atoms with Crippen LogP contribution in [0.4, 0.5) is 5.82 Å². The highest BCUT2D eigenvalue weighted by Gasteiger charge is 2.41. The van der Waals surface area contributed by atoms with Crippen molar-refractivity contribution in [3.8, 4) is 6.07 Å². The lowest BCUT2D eigenvalue weighted by molar-refractivity contribution is -0.116. The molecular weight excluding hydrogens is 460 g/mol. The largest absolute Gasteiger partial charge is 0.384 e. The fourth-order valence-corrected chi connectivity index (χ4v) is 6.07. The normalized spacial score (nSPS) is 18.3. The first kappa shape index (κ1) is 21.4. The molecule has 0 bridgehead atoms. The molecule has 0 saturated carbocycles. The van der Waals surface area contributed by atoms with Crippen molar-refractivity contribution < 1.29 is 9.32 Å². The van der Waals surface area contributed by atoms with Gasteiger partial charge in [0, 0.05) is 35.2 Å². The Labute approximate surface area is 205 Å². The van der Waals surface area contributed by atoms with Gasteiger partial charge in [0.1, 0.15) is 11.6 Å². The number of ketones is 1. The Balaban J connectivity index is 1.43. The van der Waals surface area contributed by atoms with Crippen LogP contribution in [0.1, 0.15) is 41.4 Å². The van der Waals surface area contributed by atoms with Crippen molar-refractivity contribution in [2.75, 3.05) is 4.90 Å². The van der Waals surface area contributed by atoms with Gasteiger partial charge in [-0.15, -0.1) is 11.3 Å². The molecule has 1 aliphatic heterocycles. The van der Waals surface area contributed by atoms with Gasteiger partial charge in [-0.25, -0.2) is 4.98 Å². The number of anilines is 1. The van der Waals surface area contributed by atoms with Gasteiger partial charge < -0.3 is 14.8 Å². The number of hydrogen-bond donors (Lipinski definition) is 1. The lowest BCUT2D eigenvalue weighted by Gasteiger charge is -2.37. The molecule has 174 valence electrons. The van der Waals surface area contributed by atoms with Crippen LogP contribution in [0, 0.1) is 18.3 Å². The lowest BCUT2D eigenvalue weighted by Crippen LogP contribution is -2.38. The molecule has 2 aliphatic rings. The number of allylic oxidation sites excluding steroid dienone is 3. The first-order valence-corrected chi connectivity index (χ1v) is 12.3. The van der Waals surface area contributed by atoms with E-state index in [0.29, 0.717) is 47.9 Å². The maximum Gasteiger partial charge on any atom is 0.182 e. The zero-order chi connectivity index (χ0) is 24.1. The number of para-hydroxylation sites is 2. The molecule has 0 amide bonds. The maximum atomic E-state index is 13.3. The van der Waals surface area contributed by atoms with Crippen LogP contribution in [0.2, 0.25) is 0 Å². The zero-order valence-electron chi connectivity index (χ0n) is 19.1. The van der Waals surface area contributed by atoms with Gasteiger partial charge in [0.15, 0.2) is 11.6 Å². The van der Waals surface area contributed by atoms with Crippen molar-refractivity contribution >= 4 is 34.0 Å². The predicted octanol–water partition coefficient (Wildman–Crippen LogP) is 4.75. The Kier molecular flexibility index (Phi) is 5.04. The number of thiophene rings is 1. The van der Waals surface area contributed by atoms with E-state index in [4.69, 9.17) is 10.3 Å². The summed E-state index contributed by atoms with van der Waals surface area (Å²) in [5, 5.41) is 16.4. The van der Waals surface area contributed by atoms with Gasteiger partial charge >= 0.3 is 0 Å². The summed E-state index contributed by atoms with van der Waals surface area (Å²) in [4.78, 5) is 20.4. The molecule has 0 radical (unpaired) electrons. The molecule has 0 fully saturated rings. The van der Waals surface area contributed by atoms with Gasteiger partial charge in [0.25, 0.3) is 0 Å². The molecule has 2 N–H and O–H groups in total. The van der Waals surface area contributed by atoms with Crippen molar-refractivity contribution in [1.82, 2.24) is 14.7 Å². The van der Waals surface area contributed by atoms with Crippen molar-refractivity contribution in [1.29, 1.82) is 5.26 Å². The second kappa shape index (κ2) is 8.25. The minimum absolute atomic E-state index is 0.0530. The number of rotatable bonds is 4. The minimum atomic E-state index is -0.481. The highest BCUT2D eigenvalue weighted by molar-refractivity contribution is 7.10. The second-order valence-electron chi connectivity index (χ2n) is 8.83. The van der Waals surface area contributed by atoms with Crippen molar-refractivity contribution in [2.24, 2.45) is 5.73 Å². The number of hydrogen-bond acceptors (Lipinski definition) is 8. The standard InChI is InChI=1S/C26H22N6O2S/c1-15-9-23(30-34-15)32-20-7-4-8-21(33)25(20)24(17(11-27)26(32)28)22-10-16(13-35-22)12-31-14-29-18-5-2-3-6-19(18)31/h2-3,5-6,9-10,13-14,24H,4,7-8,12,28H2,1H3/t24-/m0/s1. The Morgan fingerprint density at radius 2 is 2.14 bits per heavy atom. The summed E-state index contributed by atoms with van der Waals surface area (Å²) in [6.07, 6.45) is 3.71. The summed E-state index contributed by atoms with van der Waals surface area (Å²) in [7, 11) is 0. The number of imidazole rings is 1. The van der Waals surface area contributed by atoms with Crippen molar-refractivity contribution in [3.63, 3.8) is 0 Å². The number of carbonyl (C=O) groups excluding carboxylic acids is 1. The summed E-state index contributed by atoms with van der Waals surface area (Å²) >= 11 is 1.55. The zero-order valence-corrected chi connectivity index (χ0v) is 19.9. The summed E-state index contributed by atoms with van der Waals surface area (Å²) in [6.45, 7) is 2.45. The van der Waals surface area contributed by atoms with Gasteiger partial charge in [-0.3, -0.25) is 9.69 Å². The highest BCUT2D eigenvalue weighted by atomic mass is 32.1. The Hall–Kier alpha value is -4.16. The molecule has 0 saturated heterocycles. The highest BCUT2D eigenvalue weighted by Crippen LogP contribution is 2.47. The minimum Gasteiger partial charge on any atom is -0.384 e. The molecule has 4 aromatic rings. The van der Waals surface area contributed by atoms with Crippen LogP contribution in [-0.2, 0) is 11.3 Å². The van der Waals surface area contributed by atoms with E-state index in [2.05, 4.69) is 32.2 Å². The molecule has 1 aliphatic carbocycles. The third kappa shape index (κ3) is 3.45. The summed E-state index contributed by atoms with van der Waals surface area (Å²) in [5.74, 6) is 0.997. The van der Waals surface area contributed by atoms with Gasteiger partial charge in [0.05, 0.1) is 34.9 Å². The molecule has 35 heavy (non-hydrogen) atoms. The molecule has 0 unspecified atom stereocenters. The van der Waals surface area contributed by atoms with E-state index in [1.54, 1.807) is 29.2 Å². The molecule has 1 aromatic carbocycles. The van der Waals surface area contributed by atoms with Crippen LogP contribution in [0.15, 0.2) is 75.3 Å². The average molecular weight is 483 g/mol. The predicted molar refractivity (Wildman–Crippen MR) is 132 cm³/mol. The molecule has 6 rings (SSSR count). The maximum absolute atomic E-state index is 13.3. The summed E-state index contributed by atoms with van der Waals surface area (Å²) in [5.41, 5.74) is 11.5. The van der Waals surface area contributed by atoms with Gasteiger partial charge in [-0.2, -0.15) is 5.26 Å². The Bertz CT molecular complexity index is 1580. The smallest absolute Gasteiger partial charge is 0.182 e. The number of aryl methyl sites for hydroxylation is 1. The van der Waals surface area contributed by atoms with E-state index >= 15 is 0 Å². The van der Waals surface area contributed by atoms with E-state index in [-0.39, 0.29) is 5.78 Å². The first-order chi connectivity index (χ1) is 17.0. The fraction of sp³-hybridized carbons (Fsp3) is 0.231. The van der Waals surface area contributed by atoms with Gasteiger partial charge in [0.2, 0.25) is 0 Å². The number of nitrogens with two attached hydrogens (primary N) is 1. The molecule has 4 heterocycles. The molecule has 8 nitrogen and oxygen atoms in total. The first-order valence-electron chi connectivity index (χ1n) is 11.4. The van der Waals surface area contributed by atoms with Crippen molar-refractivity contribution in [2.45, 2.75) is 38.6 Å². The number of nitriles is 1. The number of nitrogens with zero attached hydrogens (tertiary/aromatic N) is 5. The molecule has 1 atom stereocenters. The monoisotopic (exact) mass is 482 g/mol. The van der Waals surface area contributed by atoms with Crippen LogP contribution < -0.4 is 10.6 Å². The van der Waals surface area contributed by atoms with Crippen LogP contribution in [-0.4, -0.2) is 20.5 Å². The van der Waals surface area contributed by atoms with Gasteiger partial charge in [-0.1, -0.05) is 17.3 Å². The van der Waals surface area contributed by atoms with Crippen molar-refractivity contribution in [3.05, 3.63) is 87.0 Å². The quantitative estimate of drug-likeness (QED) is 0.446. The van der Waals surface area contributed by atoms with E-state index in [1.165, 1.54) is 0 Å². The van der Waals surface area contributed by atoms with E-state index in [0.717, 1.165) is 33.6 Å². The Morgan fingerprint density at radius 3 is 2.94 bits per heavy atom. The van der Waals surface area contributed by atoms with E-state index in [1.807, 2.05) is 30.6 Å². The molecular formula is C26H22N6O2S. The molecule has 9 heteroatoms. The van der Waals surface area contributed by atoms with E-state index < -0.39 is 5.92 Å². The fourth-order valence-electron chi connectivity index (χ4n) is 5.05. The number of Topliss-reactive ketones (excluding diaryl/α,β-unsaturated/α-hetero) is 1. The second-order valence-corrected chi connectivity index (χ2v) is 9.77. The topological polar surface area (TPSA) is 114 Å². The number of aromatic nitrogens is 3. The Morgan fingerprint density at radius 1 is 1.29 bits per heavy atom. The van der Waals surface area contributed by atoms with E-state index in [9.17, 15) is 10.1 Å². The molecule has 0 spiro atoms. The van der Waals surface area contributed by atoms with Crippen LogP contribution in [0.25, 0.3) is 11.0 Å². The van der Waals surface area contributed by atoms with Crippen LogP contribution >= 0.6 is 11.3 Å². The molecule has 3 aromatic heterocycles. The third-order valence-corrected chi connectivity index (χ3v) is 7.64.